The van der Waals surface area contributed by atoms with Crippen LogP contribution in [0.15, 0.2) is 34.7 Å². The maximum absolute atomic E-state index is 12.4. The lowest BCUT2D eigenvalue weighted by molar-refractivity contribution is -0.135. The lowest BCUT2D eigenvalue weighted by Gasteiger charge is -2.38. The summed E-state index contributed by atoms with van der Waals surface area (Å²) < 4.78 is 5.68. The molecule has 1 aromatic heterocycles. The van der Waals surface area contributed by atoms with Crippen LogP contribution in [-0.4, -0.2) is 58.6 Å². The number of aryl methyl sites for hydroxylation is 1. The Labute approximate surface area is 142 Å². The second kappa shape index (κ2) is 7.57. The van der Waals surface area contributed by atoms with Gasteiger partial charge in [-0.1, -0.05) is 18.2 Å². The molecule has 1 atom stereocenters. The number of benzene rings is 1. The molecule has 1 saturated heterocycles. The maximum atomic E-state index is 12.4. The lowest BCUT2D eigenvalue weighted by Crippen LogP contribution is -2.52. The van der Waals surface area contributed by atoms with Gasteiger partial charge in [0, 0.05) is 44.1 Å². The number of rotatable bonds is 5. The molecule has 0 bridgehead atoms. The second-order valence-electron chi connectivity index (χ2n) is 6.42. The molecule has 1 aliphatic heterocycles. The van der Waals surface area contributed by atoms with Crippen molar-refractivity contribution in [3.8, 4) is 11.5 Å². The van der Waals surface area contributed by atoms with E-state index in [1.54, 1.807) is 0 Å². The van der Waals surface area contributed by atoms with Gasteiger partial charge in [0.05, 0.1) is 0 Å². The molecule has 0 unspecified atom stereocenters. The van der Waals surface area contributed by atoms with Gasteiger partial charge in [0.1, 0.15) is 0 Å². The summed E-state index contributed by atoms with van der Waals surface area (Å²) in [7, 11) is 2.10. The van der Waals surface area contributed by atoms with Crippen LogP contribution < -0.4 is 0 Å². The Morgan fingerprint density at radius 2 is 2.04 bits per heavy atom. The summed E-state index contributed by atoms with van der Waals surface area (Å²) in [6.45, 7) is 4.81. The van der Waals surface area contributed by atoms with Crippen LogP contribution in [0, 0.1) is 0 Å². The Balaban J connectivity index is 1.48. The van der Waals surface area contributed by atoms with Gasteiger partial charge in [0.15, 0.2) is 0 Å². The number of aromatic nitrogens is 2. The smallest absolute Gasteiger partial charge is 0.247 e. The molecule has 0 aliphatic carbocycles. The Kier molecular flexibility index (Phi) is 5.25. The highest BCUT2D eigenvalue weighted by Gasteiger charge is 2.25. The Morgan fingerprint density at radius 3 is 2.79 bits per heavy atom. The minimum atomic E-state index is 0.221. The minimum absolute atomic E-state index is 0.221. The molecule has 0 radical (unpaired) electrons. The van der Waals surface area contributed by atoms with Gasteiger partial charge in [0.2, 0.25) is 17.7 Å². The van der Waals surface area contributed by atoms with E-state index in [9.17, 15) is 4.79 Å². The first-order valence-corrected chi connectivity index (χ1v) is 8.49. The van der Waals surface area contributed by atoms with Crippen molar-refractivity contribution in [2.45, 2.75) is 32.2 Å². The van der Waals surface area contributed by atoms with E-state index in [2.05, 4.69) is 29.1 Å². The van der Waals surface area contributed by atoms with Crippen LogP contribution >= 0.6 is 0 Å². The van der Waals surface area contributed by atoms with Crippen molar-refractivity contribution in [1.29, 1.82) is 0 Å². The molecule has 1 fully saturated rings. The first-order chi connectivity index (χ1) is 11.6. The van der Waals surface area contributed by atoms with Crippen molar-refractivity contribution in [2.75, 3.05) is 26.7 Å². The first-order valence-electron chi connectivity index (χ1n) is 8.49. The molecule has 1 aromatic carbocycles. The molecule has 1 amide bonds. The van der Waals surface area contributed by atoms with Crippen molar-refractivity contribution < 1.29 is 9.21 Å². The van der Waals surface area contributed by atoms with Crippen LogP contribution in [-0.2, 0) is 11.2 Å². The van der Waals surface area contributed by atoms with Gasteiger partial charge >= 0.3 is 0 Å². The summed E-state index contributed by atoms with van der Waals surface area (Å²) in [6.07, 6.45) is 1.89. The molecule has 0 saturated carbocycles. The van der Waals surface area contributed by atoms with Gasteiger partial charge in [0.25, 0.3) is 0 Å². The third-order valence-electron chi connectivity index (χ3n) is 4.42. The average Bonchev–Trinajstić information content (AvgIpc) is 3.04. The van der Waals surface area contributed by atoms with Crippen LogP contribution in [0.5, 0.6) is 0 Å². The zero-order valence-corrected chi connectivity index (χ0v) is 14.3. The van der Waals surface area contributed by atoms with Crippen LogP contribution in [0.4, 0.5) is 0 Å². The molecule has 2 aromatic rings. The van der Waals surface area contributed by atoms with Crippen molar-refractivity contribution >= 4 is 5.91 Å². The molecule has 128 valence electrons. The predicted molar refractivity (Wildman–Crippen MR) is 91.3 cm³/mol. The molecule has 6 heteroatoms. The third kappa shape index (κ3) is 4.00. The zero-order valence-electron chi connectivity index (χ0n) is 14.3. The van der Waals surface area contributed by atoms with Gasteiger partial charge in [-0.05, 0) is 32.5 Å². The van der Waals surface area contributed by atoms with E-state index in [4.69, 9.17) is 4.42 Å². The van der Waals surface area contributed by atoms with Gasteiger partial charge in [-0.3, -0.25) is 4.79 Å². The van der Waals surface area contributed by atoms with Gasteiger partial charge in [-0.25, -0.2) is 0 Å². The van der Waals surface area contributed by atoms with E-state index in [0.29, 0.717) is 24.6 Å². The number of nitrogens with zero attached hydrogens (tertiary/aromatic N) is 4. The molecule has 0 spiro atoms. The highest BCUT2D eigenvalue weighted by molar-refractivity contribution is 5.76. The quantitative estimate of drug-likeness (QED) is 0.842. The molecule has 6 nitrogen and oxygen atoms in total. The molecule has 1 aliphatic rings. The van der Waals surface area contributed by atoms with Crippen LogP contribution in [0.25, 0.3) is 11.5 Å². The molecular formula is C18H24N4O2. The normalized spacial score (nSPS) is 18.8. The van der Waals surface area contributed by atoms with E-state index in [0.717, 1.165) is 31.6 Å². The van der Waals surface area contributed by atoms with E-state index in [1.165, 1.54) is 0 Å². The largest absolute Gasteiger partial charge is 0.421 e. The van der Waals surface area contributed by atoms with Gasteiger partial charge in [-0.15, -0.1) is 10.2 Å². The van der Waals surface area contributed by atoms with Crippen molar-refractivity contribution in [3.05, 3.63) is 36.2 Å². The molecule has 0 N–H and O–H groups in total. The Morgan fingerprint density at radius 1 is 1.25 bits per heavy atom. The number of likely N-dealkylation sites (N-methyl/N-ethyl adjacent to an activating group) is 1. The number of hydrogen-bond donors (Lipinski definition) is 0. The van der Waals surface area contributed by atoms with Gasteiger partial charge in [-0.2, -0.15) is 0 Å². The van der Waals surface area contributed by atoms with E-state index < -0.39 is 0 Å². The Hall–Kier alpha value is -2.21. The summed E-state index contributed by atoms with van der Waals surface area (Å²) in [5.74, 6) is 1.34. The molecule has 3 rings (SSSR count). The monoisotopic (exact) mass is 328 g/mol. The third-order valence-corrected chi connectivity index (χ3v) is 4.42. The fourth-order valence-electron chi connectivity index (χ4n) is 3.10. The number of hydrogen-bond acceptors (Lipinski definition) is 5. The maximum Gasteiger partial charge on any atom is 0.247 e. The second-order valence-corrected chi connectivity index (χ2v) is 6.42. The van der Waals surface area contributed by atoms with Crippen molar-refractivity contribution in [1.82, 2.24) is 20.0 Å². The van der Waals surface area contributed by atoms with Crippen molar-refractivity contribution in [2.24, 2.45) is 0 Å². The predicted octanol–water partition coefficient (Wildman–Crippen LogP) is 2.22. The van der Waals surface area contributed by atoms with Crippen LogP contribution in [0.2, 0.25) is 0 Å². The molecule has 2 heterocycles. The lowest BCUT2D eigenvalue weighted by atomic mass is 10.1. The Bertz CT molecular complexity index is 671. The minimum Gasteiger partial charge on any atom is -0.421 e. The highest BCUT2D eigenvalue weighted by Crippen LogP contribution is 2.18. The number of carbonyl (C=O) groups excluding carboxylic acids is 1. The average molecular weight is 328 g/mol. The first kappa shape index (κ1) is 16.6. The number of amides is 1. The zero-order chi connectivity index (χ0) is 16.9. The van der Waals surface area contributed by atoms with Crippen LogP contribution in [0.3, 0.4) is 0 Å². The molecule has 24 heavy (non-hydrogen) atoms. The van der Waals surface area contributed by atoms with Crippen molar-refractivity contribution in [3.63, 3.8) is 0 Å². The SMILES string of the molecule is C[C@H]1CN(C)CCN1C(=O)CCCc1nnc(-c2ccccc2)o1. The van der Waals surface area contributed by atoms with E-state index >= 15 is 0 Å². The van der Waals surface area contributed by atoms with Crippen LogP contribution in [0.1, 0.15) is 25.7 Å². The molecular weight excluding hydrogens is 304 g/mol. The van der Waals surface area contributed by atoms with E-state index in [1.807, 2.05) is 35.2 Å². The summed E-state index contributed by atoms with van der Waals surface area (Å²) in [6, 6.07) is 9.99. The summed E-state index contributed by atoms with van der Waals surface area (Å²) >= 11 is 0. The summed E-state index contributed by atoms with van der Waals surface area (Å²) in [4.78, 5) is 16.6. The standard InChI is InChI=1S/C18H24N4O2/c1-14-13-21(2)11-12-22(14)17(23)10-6-9-16-19-20-18(24-16)15-7-4-3-5-8-15/h3-5,7-8,14H,6,9-13H2,1-2H3/t14-/m0/s1. The highest BCUT2D eigenvalue weighted by atomic mass is 16.4. The fourth-order valence-corrected chi connectivity index (χ4v) is 3.10. The topological polar surface area (TPSA) is 62.5 Å². The number of piperazine rings is 1. The summed E-state index contributed by atoms with van der Waals surface area (Å²) in [5, 5.41) is 8.16. The number of carbonyl (C=O) groups is 1. The van der Waals surface area contributed by atoms with Gasteiger partial charge < -0.3 is 14.2 Å². The fraction of sp³-hybridized carbons (Fsp3) is 0.500. The summed E-state index contributed by atoms with van der Waals surface area (Å²) in [5.41, 5.74) is 0.915. The van der Waals surface area contributed by atoms with E-state index in [-0.39, 0.29) is 11.9 Å².